The van der Waals surface area contributed by atoms with Crippen molar-refractivity contribution in [1.29, 1.82) is 0 Å². The molecule has 2 unspecified atom stereocenters. The molecule has 1 amide bonds. The van der Waals surface area contributed by atoms with Crippen molar-refractivity contribution in [2.24, 2.45) is 17.8 Å². The van der Waals surface area contributed by atoms with Gasteiger partial charge in [0.05, 0.1) is 18.4 Å². The lowest BCUT2D eigenvalue weighted by molar-refractivity contribution is -0.146. The fourth-order valence-corrected chi connectivity index (χ4v) is 2.73. The maximum atomic E-state index is 12.2. The largest absolute Gasteiger partial charge is 0.481 e. The molecule has 0 spiro atoms. The van der Waals surface area contributed by atoms with Crippen molar-refractivity contribution >= 4 is 11.9 Å². The van der Waals surface area contributed by atoms with Gasteiger partial charge in [-0.05, 0) is 32.6 Å². The van der Waals surface area contributed by atoms with E-state index in [1.807, 2.05) is 20.8 Å². The third-order valence-corrected chi connectivity index (χ3v) is 3.85. The number of nitrogens with one attached hydrogen (secondary N) is 1. The van der Waals surface area contributed by atoms with Gasteiger partial charge in [-0.2, -0.15) is 0 Å². The zero-order chi connectivity index (χ0) is 14.4. The van der Waals surface area contributed by atoms with Crippen LogP contribution >= 0.6 is 0 Å². The molecule has 1 rings (SSSR count). The summed E-state index contributed by atoms with van der Waals surface area (Å²) >= 11 is 0. The Morgan fingerprint density at radius 3 is 2.47 bits per heavy atom. The minimum absolute atomic E-state index is 0.0810. The van der Waals surface area contributed by atoms with Gasteiger partial charge in [0.25, 0.3) is 0 Å². The standard InChI is InChI=1S/C14H25NO4/c1-4-10-6-11(12(7-10)14(17)18)13(16)15-9(3)8-19-5-2/h9-12H,4-8H2,1-3H3,(H,15,16)(H,17,18)/t9?,10?,11-,12+/m0/s1. The van der Waals surface area contributed by atoms with Gasteiger partial charge in [-0.3, -0.25) is 9.59 Å². The van der Waals surface area contributed by atoms with E-state index in [-0.39, 0.29) is 11.9 Å². The summed E-state index contributed by atoms with van der Waals surface area (Å²) in [7, 11) is 0. The first-order valence-electron chi connectivity index (χ1n) is 7.10. The van der Waals surface area contributed by atoms with E-state index in [0.717, 1.165) is 6.42 Å². The van der Waals surface area contributed by atoms with E-state index in [0.29, 0.717) is 32.0 Å². The van der Waals surface area contributed by atoms with Crippen LogP contribution in [0.4, 0.5) is 0 Å². The number of amides is 1. The molecule has 0 aromatic rings. The Hall–Kier alpha value is -1.10. The molecule has 1 aliphatic rings. The summed E-state index contributed by atoms with van der Waals surface area (Å²) in [6, 6.07) is -0.0810. The number of carboxylic acid groups (broad SMARTS) is 1. The number of aliphatic carboxylic acids is 1. The summed E-state index contributed by atoms with van der Waals surface area (Å²) in [5.41, 5.74) is 0. The van der Waals surface area contributed by atoms with Crippen LogP contribution in [0.1, 0.15) is 40.0 Å². The van der Waals surface area contributed by atoms with Crippen molar-refractivity contribution in [3.63, 3.8) is 0 Å². The highest BCUT2D eigenvalue weighted by Crippen LogP contribution is 2.38. The van der Waals surface area contributed by atoms with E-state index in [9.17, 15) is 14.7 Å². The Morgan fingerprint density at radius 1 is 1.32 bits per heavy atom. The first kappa shape index (κ1) is 16.0. The molecule has 110 valence electrons. The van der Waals surface area contributed by atoms with Crippen LogP contribution in [0.25, 0.3) is 0 Å². The number of carbonyl (C=O) groups is 2. The van der Waals surface area contributed by atoms with Crippen LogP contribution in [0.5, 0.6) is 0 Å². The molecule has 0 radical (unpaired) electrons. The predicted molar refractivity (Wildman–Crippen MR) is 71.7 cm³/mol. The lowest BCUT2D eigenvalue weighted by atomic mass is 9.95. The number of ether oxygens (including phenoxy) is 1. The van der Waals surface area contributed by atoms with E-state index in [1.165, 1.54) is 0 Å². The first-order valence-corrected chi connectivity index (χ1v) is 7.10. The molecule has 0 bridgehead atoms. The second-order valence-electron chi connectivity index (χ2n) is 5.37. The van der Waals surface area contributed by atoms with Gasteiger partial charge in [0, 0.05) is 12.6 Å². The van der Waals surface area contributed by atoms with Crippen LogP contribution in [-0.2, 0) is 14.3 Å². The summed E-state index contributed by atoms with van der Waals surface area (Å²) in [4.78, 5) is 23.4. The summed E-state index contributed by atoms with van der Waals surface area (Å²) in [5, 5.41) is 12.1. The lowest BCUT2D eigenvalue weighted by Gasteiger charge is -2.19. The third-order valence-electron chi connectivity index (χ3n) is 3.85. The second-order valence-corrected chi connectivity index (χ2v) is 5.37. The molecule has 0 aromatic heterocycles. The molecule has 1 fully saturated rings. The van der Waals surface area contributed by atoms with Gasteiger partial charge in [0.2, 0.25) is 5.91 Å². The second kappa shape index (κ2) is 7.48. The van der Waals surface area contributed by atoms with Gasteiger partial charge < -0.3 is 15.2 Å². The quantitative estimate of drug-likeness (QED) is 0.738. The molecule has 2 N–H and O–H groups in total. The van der Waals surface area contributed by atoms with Crippen LogP contribution < -0.4 is 5.32 Å². The van der Waals surface area contributed by atoms with E-state index in [2.05, 4.69) is 5.32 Å². The molecule has 5 heteroatoms. The van der Waals surface area contributed by atoms with Crippen molar-refractivity contribution in [2.75, 3.05) is 13.2 Å². The van der Waals surface area contributed by atoms with Crippen LogP contribution in [0.3, 0.4) is 0 Å². The van der Waals surface area contributed by atoms with Gasteiger partial charge in [-0.15, -0.1) is 0 Å². The lowest BCUT2D eigenvalue weighted by Crippen LogP contribution is -2.42. The molecule has 0 aromatic carbocycles. The Morgan fingerprint density at radius 2 is 1.95 bits per heavy atom. The zero-order valence-corrected chi connectivity index (χ0v) is 12.0. The maximum Gasteiger partial charge on any atom is 0.307 e. The monoisotopic (exact) mass is 271 g/mol. The molecule has 5 nitrogen and oxygen atoms in total. The molecular formula is C14H25NO4. The van der Waals surface area contributed by atoms with Gasteiger partial charge in [-0.1, -0.05) is 13.3 Å². The minimum atomic E-state index is -0.853. The predicted octanol–water partition coefficient (Wildman–Crippen LogP) is 1.66. The van der Waals surface area contributed by atoms with E-state index in [1.54, 1.807) is 0 Å². The van der Waals surface area contributed by atoms with Gasteiger partial charge in [0.15, 0.2) is 0 Å². The molecule has 1 saturated carbocycles. The smallest absolute Gasteiger partial charge is 0.307 e. The Kier molecular flexibility index (Phi) is 6.28. The van der Waals surface area contributed by atoms with E-state index < -0.39 is 17.8 Å². The number of carboxylic acids is 1. The zero-order valence-electron chi connectivity index (χ0n) is 12.0. The topological polar surface area (TPSA) is 75.6 Å². The third kappa shape index (κ3) is 4.49. The van der Waals surface area contributed by atoms with Crippen molar-refractivity contribution in [1.82, 2.24) is 5.32 Å². The molecule has 0 heterocycles. The number of hydrogen-bond acceptors (Lipinski definition) is 3. The highest BCUT2D eigenvalue weighted by Gasteiger charge is 2.42. The Balaban J connectivity index is 2.56. The van der Waals surface area contributed by atoms with Crippen LogP contribution in [0.2, 0.25) is 0 Å². The normalized spacial score (nSPS) is 28.1. The van der Waals surface area contributed by atoms with E-state index >= 15 is 0 Å². The van der Waals surface area contributed by atoms with Gasteiger partial charge in [-0.25, -0.2) is 0 Å². The van der Waals surface area contributed by atoms with Crippen LogP contribution in [0.15, 0.2) is 0 Å². The SMILES string of the molecule is CCOCC(C)NC(=O)[C@H]1CC(CC)C[C@H]1C(=O)O. The van der Waals surface area contributed by atoms with Crippen molar-refractivity contribution < 1.29 is 19.4 Å². The van der Waals surface area contributed by atoms with Gasteiger partial charge in [0.1, 0.15) is 0 Å². The summed E-state index contributed by atoms with van der Waals surface area (Å²) < 4.78 is 5.24. The van der Waals surface area contributed by atoms with Gasteiger partial charge >= 0.3 is 5.97 Å². The van der Waals surface area contributed by atoms with Crippen LogP contribution in [0, 0.1) is 17.8 Å². The molecule has 0 aliphatic heterocycles. The van der Waals surface area contributed by atoms with E-state index in [4.69, 9.17) is 4.74 Å². The molecule has 4 atom stereocenters. The highest BCUT2D eigenvalue weighted by atomic mass is 16.5. The maximum absolute atomic E-state index is 12.2. The summed E-state index contributed by atoms with van der Waals surface area (Å²) in [6.45, 7) is 6.89. The van der Waals surface area contributed by atoms with Crippen LogP contribution in [-0.4, -0.2) is 36.2 Å². The average Bonchev–Trinajstić information content (AvgIpc) is 2.80. The molecule has 0 saturated heterocycles. The highest BCUT2D eigenvalue weighted by molar-refractivity contribution is 5.85. The summed E-state index contributed by atoms with van der Waals surface area (Å²) in [6.07, 6.45) is 2.23. The van der Waals surface area contributed by atoms with Crippen molar-refractivity contribution in [2.45, 2.75) is 46.1 Å². The Bertz CT molecular complexity index is 319. The molecule has 1 aliphatic carbocycles. The van der Waals surface area contributed by atoms with Crippen molar-refractivity contribution in [3.8, 4) is 0 Å². The first-order chi connectivity index (χ1) is 8.99. The number of rotatable bonds is 7. The fraction of sp³-hybridized carbons (Fsp3) is 0.857. The number of carbonyl (C=O) groups excluding carboxylic acids is 1. The van der Waals surface area contributed by atoms with Crippen molar-refractivity contribution in [3.05, 3.63) is 0 Å². The summed E-state index contributed by atoms with van der Waals surface area (Å²) in [5.74, 6) is -1.58. The minimum Gasteiger partial charge on any atom is -0.481 e. The Labute approximate surface area is 114 Å². The molecular weight excluding hydrogens is 246 g/mol. The number of hydrogen-bond donors (Lipinski definition) is 2. The molecule has 19 heavy (non-hydrogen) atoms. The fourth-order valence-electron chi connectivity index (χ4n) is 2.73. The average molecular weight is 271 g/mol.